The highest BCUT2D eigenvalue weighted by atomic mass is 32.2. The van der Waals surface area contributed by atoms with Gasteiger partial charge in [0, 0.05) is 22.8 Å². The molecule has 0 saturated heterocycles. The van der Waals surface area contributed by atoms with Crippen molar-refractivity contribution in [3.8, 4) is 11.3 Å². The number of hydrogen-bond donors (Lipinski definition) is 0. The first-order valence-corrected chi connectivity index (χ1v) is 11.7. The van der Waals surface area contributed by atoms with E-state index in [9.17, 15) is 4.79 Å². The van der Waals surface area contributed by atoms with Crippen molar-refractivity contribution in [3.63, 3.8) is 0 Å². The lowest BCUT2D eigenvalue weighted by Gasteiger charge is -2.42. The molecule has 2 aliphatic rings. The Morgan fingerprint density at radius 2 is 1.82 bits per heavy atom. The van der Waals surface area contributed by atoms with E-state index in [2.05, 4.69) is 52.0 Å². The number of nitrogens with zero attached hydrogens (tertiary/aromatic N) is 2. The van der Waals surface area contributed by atoms with E-state index in [1.165, 1.54) is 30.4 Å². The van der Waals surface area contributed by atoms with Crippen LogP contribution in [0.4, 0.5) is 0 Å². The fourth-order valence-electron chi connectivity index (χ4n) is 5.05. The van der Waals surface area contributed by atoms with Crippen LogP contribution >= 0.6 is 11.8 Å². The number of thioether (sulfide) groups is 1. The van der Waals surface area contributed by atoms with Gasteiger partial charge in [-0.2, -0.15) is 0 Å². The van der Waals surface area contributed by atoms with E-state index in [-0.39, 0.29) is 11.0 Å². The zero-order valence-corrected chi connectivity index (χ0v) is 18.4. The quantitative estimate of drug-likeness (QED) is 0.482. The van der Waals surface area contributed by atoms with Gasteiger partial charge in [0.1, 0.15) is 0 Å². The average Bonchev–Trinajstić information content (AvgIpc) is 2.64. The summed E-state index contributed by atoms with van der Waals surface area (Å²) in [5.41, 5.74) is 4.72. The van der Waals surface area contributed by atoms with Crippen LogP contribution < -0.4 is 5.56 Å². The second-order valence-corrected chi connectivity index (χ2v) is 10.8. The van der Waals surface area contributed by atoms with Gasteiger partial charge in [0.05, 0.1) is 11.3 Å². The van der Waals surface area contributed by atoms with Gasteiger partial charge in [-0.25, -0.2) is 4.98 Å². The number of hydrogen-bond acceptors (Lipinski definition) is 3. The molecule has 1 saturated carbocycles. The van der Waals surface area contributed by atoms with Crippen molar-refractivity contribution < 1.29 is 0 Å². The van der Waals surface area contributed by atoms with E-state index < -0.39 is 0 Å². The van der Waals surface area contributed by atoms with Crippen LogP contribution in [0.1, 0.15) is 70.9 Å². The summed E-state index contributed by atoms with van der Waals surface area (Å²) in [7, 11) is 0. The van der Waals surface area contributed by atoms with Gasteiger partial charge in [0.15, 0.2) is 5.16 Å². The van der Waals surface area contributed by atoms with Crippen LogP contribution in [0.2, 0.25) is 0 Å². The molecule has 0 atom stereocenters. The van der Waals surface area contributed by atoms with Crippen molar-refractivity contribution in [1.82, 2.24) is 9.55 Å². The molecule has 2 aromatic rings. The first-order chi connectivity index (χ1) is 13.4. The summed E-state index contributed by atoms with van der Waals surface area (Å²) in [6, 6.07) is 8.61. The van der Waals surface area contributed by atoms with Crippen LogP contribution in [0.25, 0.3) is 11.3 Å². The van der Waals surface area contributed by atoms with E-state index in [0.29, 0.717) is 11.2 Å². The molecule has 0 unspecified atom stereocenters. The highest BCUT2D eigenvalue weighted by Gasteiger charge is 2.43. The summed E-state index contributed by atoms with van der Waals surface area (Å²) in [5.74, 6) is 0.419. The number of rotatable bonds is 4. The lowest BCUT2D eigenvalue weighted by Crippen LogP contribution is -2.43. The Hall–Kier alpha value is -1.55. The van der Waals surface area contributed by atoms with Crippen LogP contribution in [0, 0.1) is 5.92 Å². The molecular weight excluding hydrogens is 364 g/mol. The van der Waals surface area contributed by atoms with Crippen molar-refractivity contribution in [2.24, 2.45) is 5.92 Å². The highest BCUT2D eigenvalue weighted by molar-refractivity contribution is 7.99. The third-order valence-corrected chi connectivity index (χ3v) is 7.16. The second-order valence-electron chi connectivity index (χ2n) is 9.27. The summed E-state index contributed by atoms with van der Waals surface area (Å²) in [6.07, 6.45) is 6.94. The number of aromatic nitrogens is 2. The van der Waals surface area contributed by atoms with Gasteiger partial charge in [-0.1, -0.05) is 83.0 Å². The minimum absolute atomic E-state index is 0.0220. The molecule has 1 heterocycles. The molecular formula is C24H32N2OS. The van der Waals surface area contributed by atoms with Crippen molar-refractivity contribution in [1.29, 1.82) is 0 Å². The Morgan fingerprint density at radius 3 is 2.50 bits per heavy atom. The van der Waals surface area contributed by atoms with Gasteiger partial charge in [-0.15, -0.1) is 0 Å². The minimum Gasteiger partial charge on any atom is -0.287 e. The summed E-state index contributed by atoms with van der Waals surface area (Å²) < 4.78 is 1.98. The molecule has 150 valence electrons. The van der Waals surface area contributed by atoms with E-state index in [0.717, 1.165) is 42.2 Å². The first-order valence-electron chi connectivity index (χ1n) is 10.8. The van der Waals surface area contributed by atoms with Gasteiger partial charge >= 0.3 is 0 Å². The predicted octanol–water partition coefficient (Wildman–Crippen LogP) is 5.82. The maximum atomic E-state index is 13.9. The number of benzene rings is 1. The maximum absolute atomic E-state index is 13.9. The van der Waals surface area contributed by atoms with Crippen LogP contribution in [0.15, 0.2) is 34.2 Å². The van der Waals surface area contributed by atoms with Crippen molar-refractivity contribution in [3.05, 3.63) is 45.7 Å². The standard InChI is InChI=1S/C24H32N2OS/c1-16(2)15-26-22(27)20-21(25-23(26)28-17(3)4)19-11-7-6-10-18(19)14-24(20)12-8-5-9-13-24/h6-7,10-11,16-17H,5,8-9,12-15H2,1-4H3. The zero-order valence-electron chi connectivity index (χ0n) is 17.6. The third-order valence-electron chi connectivity index (χ3n) is 6.17. The van der Waals surface area contributed by atoms with Gasteiger partial charge in [-0.05, 0) is 30.7 Å². The molecule has 2 aliphatic carbocycles. The fourth-order valence-corrected chi connectivity index (χ4v) is 5.90. The normalized spacial score (nSPS) is 17.8. The lowest BCUT2D eigenvalue weighted by molar-refractivity contribution is 0.281. The highest BCUT2D eigenvalue weighted by Crippen LogP contribution is 2.48. The van der Waals surface area contributed by atoms with Gasteiger partial charge in [0.2, 0.25) is 0 Å². The summed E-state index contributed by atoms with van der Waals surface area (Å²) >= 11 is 1.72. The Labute approximate surface area is 173 Å². The fraction of sp³-hybridized carbons (Fsp3) is 0.583. The predicted molar refractivity (Wildman–Crippen MR) is 118 cm³/mol. The molecule has 0 radical (unpaired) electrons. The lowest BCUT2D eigenvalue weighted by atomic mass is 9.62. The van der Waals surface area contributed by atoms with Crippen LogP contribution in [-0.2, 0) is 18.4 Å². The monoisotopic (exact) mass is 396 g/mol. The van der Waals surface area contributed by atoms with E-state index >= 15 is 0 Å². The molecule has 0 amide bonds. The van der Waals surface area contributed by atoms with Crippen molar-refractivity contribution in [2.45, 2.75) is 88.6 Å². The third kappa shape index (κ3) is 3.45. The Bertz CT molecular complexity index is 923. The molecule has 3 nitrogen and oxygen atoms in total. The Kier molecular flexibility index (Phi) is 5.43. The second kappa shape index (κ2) is 7.70. The molecule has 0 aliphatic heterocycles. The van der Waals surface area contributed by atoms with Crippen LogP contribution in [-0.4, -0.2) is 14.8 Å². The molecule has 1 fully saturated rings. The van der Waals surface area contributed by atoms with Crippen molar-refractivity contribution in [2.75, 3.05) is 0 Å². The van der Waals surface area contributed by atoms with E-state index in [1.54, 1.807) is 11.8 Å². The minimum atomic E-state index is -0.0220. The molecule has 1 aromatic carbocycles. The van der Waals surface area contributed by atoms with Gasteiger partial charge in [0.25, 0.3) is 5.56 Å². The molecule has 4 heteroatoms. The number of fused-ring (bicyclic) bond motifs is 4. The Balaban J connectivity index is 2.00. The molecule has 1 spiro atoms. The first kappa shape index (κ1) is 19.8. The van der Waals surface area contributed by atoms with Crippen LogP contribution in [0.5, 0.6) is 0 Å². The van der Waals surface area contributed by atoms with Crippen molar-refractivity contribution >= 4 is 11.8 Å². The summed E-state index contributed by atoms with van der Waals surface area (Å²) in [5, 5.41) is 1.28. The molecule has 28 heavy (non-hydrogen) atoms. The summed E-state index contributed by atoms with van der Waals surface area (Å²) in [4.78, 5) is 19.1. The molecule has 0 N–H and O–H groups in total. The SMILES string of the molecule is CC(C)Cn1c(SC(C)C)nc2c(c1=O)C1(CCCCC1)Cc1ccccc1-2. The topological polar surface area (TPSA) is 34.9 Å². The van der Waals surface area contributed by atoms with Gasteiger partial charge < -0.3 is 0 Å². The average molecular weight is 397 g/mol. The smallest absolute Gasteiger partial charge is 0.258 e. The molecule has 4 rings (SSSR count). The summed E-state index contributed by atoms with van der Waals surface area (Å²) in [6.45, 7) is 9.45. The maximum Gasteiger partial charge on any atom is 0.258 e. The van der Waals surface area contributed by atoms with E-state index in [1.807, 2.05) is 4.57 Å². The van der Waals surface area contributed by atoms with Crippen LogP contribution in [0.3, 0.4) is 0 Å². The van der Waals surface area contributed by atoms with E-state index in [4.69, 9.17) is 4.98 Å². The molecule has 1 aromatic heterocycles. The van der Waals surface area contributed by atoms with Gasteiger partial charge in [-0.3, -0.25) is 9.36 Å². The zero-order chi connectivity index (χ0) is 19.9. The largest absolute Gasteiger partial charge is 0.287 e. The molecule has 0 bridgehead atoms. The Morgan fingerprint density at radius 1 is 1.11 bits per heavy atom.